The summed E-state index contributed by atoms with van der Waals surface area (Å²) >= 11 is 3.91. The highest BCUT2D eigenvalue weighted by atomic mass is 32.1. The standard InChI is InChI=1S/C29H28S2Si/c1-19-6-8-22(9-7-19)10-12-24-17-26-28(30-24)29-27(32(26,4)5)18-25(31-29)13-11-23-15-20(2)14-21(3)16-23/h6-18H,1-5H3/b12-10+,13-11+. The SMILES string of the molecule is Cc1ccc(/C=C/c2cc3c(s2)-c2sc(/C=C/c4cc(C)cc(C)c4)cc2[Si]3(C)C)cc1. The fourth-order valence-electron chi connectivity index (χ4n) is 4.54. The molecule has 0 spiro atoms. The maximum absolute atomic E-state index is 2.50. The Morgan fingerprint density at radius 1 is 0.562 bits per heavy atom. The van der Waals surface area contributed by atoms with Crippen molar-refractivity contribution in [3.05, 3.63) is 92.2 Å². The summed E-state index contributed by atoms with van der Waals surface area (Å²) in [5.41, 5.74) is 6.49. The van der Waals surface area contributed by atoms with Crippen LogP contribution in [-0.2, 0) is 0 Å². The first-order chi connectivity index (χ1) is 15.3. The molecule has 1 aliphatic heterocycles. The smallest absolute Gasteiger partial charge is 0.116 e. The first-order valence-corrected chi connectivity index (χ1v) is 15.7. The van der Waals surface area contributed by atoms with Crippen LogP contribution < -0.4 is 10.4 Å². The van der Waals surface area contributed by atoms with Crippen LogP contribution in [0.3, 0.4) is 0 Å². The molecule has 0 nitrogen and oxygen atoms in total. The van der Waals surface area contributed by atoms with Crippen LogP contribution in [0.1, 0.15) is 37.6 Å². The van der Waals surface area contributed by atoms with Crippen molar-refractivity contribution >= 4 is 65.4 Å². The van der Waals surface area contributed by atoms with Crippen LogP contribution in [0.2, 0.25) is 13.1 Å². The number of fused-ring (bicyclic) bond motifs is 3. The summed E-state index contributed by atoms with van der Waals surface area (Å²) in [4.78, 5) is 5.75. The lowest BCUT2D eigenvalue weighted by Gasteiger charge is -2.15. The van der Waals surface area contributed by atoms with Crippen molar-refractivity contribution in [2.45, 2.75) is 33.9 Å². The summed E-state index contributed by atoms with van der Waals surface area (Å²) in [5, 5.41) is 3.22. The normalized spacial score (nSPS) is 14.4. The van der Waals surface area contributed by atoms with E-state index in [1.54, 1.807) is 10.4 Å². The first kappa shape index (κ1) is 21.4. The van der Waals surface area contributed by atoms with Crippen molar-refractivity contribution in [1.82, 2.24) is 0 Å². The Labute approximate surface area is 200 Å². The molecule has 0 aliphatic carbocycles. The zero-order valence-electron chi connectivity index (χ0n) is 19.3. The van der Waals surface area contributed by atoms with E-state index in [0.29, 0.717) is 0 Å². The Morgan fingerprint density at radius 2 is 1.06 bits per heavy atom. The molecule has 5 rings (SSSR count). The van der Waals surface area contributed by atoms with Crippen molar-refractivity contribution in [2.24, 2.45) is 0 Å². The number of hydrogen-bond acceptors (Lipinski definition) is 2. The molecule has 32 heavy (non-hydrogen) atoms. The van der Waals surface area contributed by atoms with Gasteiger partial charge in [0, 0.05) is 19.5 Å². The maximum atomic E-state index is 2.50. The highest BCUT2D eigenvalue weighted by molar-refractivity contribution is 7.29. The summed E-state index contributed by atoms with van der Waals surface area (Å²) in [7, 11) is -1.63. The second kappa shape index (κ2) is 8.15. The number of thiophene rings is 2. The Hall–Kier alpha value is -2.46. The van der Waals surface area contributed by atoms with Crippen LogP contribution in [0.25, 0.3) is 34.1 Å². The first-order valence-electron chi connectivity index (χ1n) is 11.1. The van der Waals surface area contributed by atoms with Crippen LogP contribution in [0.5, 0.6) is 0 Å². The van der Waals surface area contributed by atoms with Crippen molar-refractivity contribution in [3.63, 3.8) is 0 Å². The summed E-state index contributed by atoms with van der Waals surface area (Å²) in [6, 6.07) is 20.4. The summed E-state index contributed by atoms with van der Waals surface area (Å²) in [5.74, 6) is 0. The van der Waals surface area contributed by atoms with E-state index < -0.39 is 8.07 Å². The van der Waals surface area contributed by atoms with Gasteiger partial charge < -0.3 is 0 Å². The Morgan fingerprint density at radius 3 is 1.59 bits per heavy atom. The van der Waals surface area contributed by atoms with Crippen molar-refractivity contribution in [1.29, 1.82) is 0 Å². The van der Waals surface area contributed by atoms with Crippen LogP contribution in [-0.4, -0.2) is 8.07 Å². The van der Waals surface area contributed by atoms with E-state index in [-0.39, 0.29) is 0 Å². The molecule has 2 aromatic heterocycles. The van der Waals surface area contributed by atoms with Gasteiger partial charge in [-0.2, -0.15) is 0 Å². The van der Waals surface area contributed by atoms with Crippen LogP contribution in [0.15, 0.2) is 54.6 Å². The minimum Gasteiger partial charge on any atom is -0.135 e. The van der Waals surface area contributed by atoms with Gasteiger partial charge in [-0.25, -0.2) is 0 Å². The quantitative estimate of drug-likeness (QED) is 0.267. The number of hydrogen-bond donors (Lipinski definition) is 0. The van der Waals surface area contributed by atoms with Crippen LogP contribution in [0, 0.1) is 20.8 Å². The van der Waals surface area contributed by atoms with Gasteiger partial charge >= 0.3 is 0 Å². The molecule has 0 saturated carbocycles. The van der Waals surface area contributed by atoms with Gasteiger partial charge in [0.15, 0.2) is 0 Å². The molecule has 2 aromatic carbocycles. The summed E-state index contributed by atoms with van der Waals surface area (Å²) in [6.45, 7) is 11.5. The Balaban J connectivity index is 1.44. The molecular formula is C29H28S2Si. The van der Waals surface area contributed by atoms with Crippen molar-refractivity contribution in [2.75, 3.05) is 0 Å². The van der Waals surface area contributed by atoms with E-state index in [9.17, 15) is 0 Å². The molecule has 0 bridgehead atoms. The van der Waals surface area contributed by atoms with Gasteiger partial charge in [-0.3, -0.25) is 0 Å². The second-order valence-corrected chi connectivity index (χ2v) is 15.9. The van der Waals surface area contributed by atoms with E-state index in [1.807, 2.05) is 22.7 Å². The van der Waals surface area contributed by atoms with Gasteiger partial charge in [0.05, 0.1) is 0 Å². The molecule has 0 fully saturated rings. The number of rotatable bonds is 4. The summed E-state index contributed by atoms with van der Waals surface area (Å²) in [6.07, 6.45) is 9.09. The second-order valence-electron chi connectivity index (χ2n) is 9.41. The minimum atomic E-state index is -1.63. The van der Waals surface area contributed by atoms with Gasteiger partial charge in [0.1, 0.15) is 8.07 Å². The molecule has 0 atom stereocenters. The minimum absolute atomic E-state index is 1.26. The Kier molecular flexibility index (Phi) is 5.44. The lowest BCUT2D eigenvalue weighted by atomic mass is 10.1. The topological polar surface area (TPSA) is 0 Å². The monoisotopic (exact) mass is 468 g/mol. The van der Waals surface area contributed by atoms with E-state index in [4.69, 9.17) is 0 Å². The van der Waals surface area contributed by atoms with Gasteiger partial charge in [-0.1, -0.05) is 84.4 Å². The highest BCUT2D eigenvalue weighted by Gasteiger charge is 2.40. The van der Waals surface area contributed by atoms with Crippen LogP contribution >= 0.6 is 22.7 Å². The Bertz CT molecular complexity index is 1340. The fraction of sp³-hybridized carbons (Fsp3) is 0.172. The molecule has 3 heterocycles. The lowest BCUT2D eigenvalue weighted by Crippen LogP contribution is -2.48. The molecule has 0 unspecified atom stereocenters. The van der Waals surface area contributed by atoms with E-state index >= 15 is 0 Å². The lowest BCUT2D eigenvalue weighted by molar-refractivity contribution is 1.37. The molecule has 0 saturated heterocycles. The maximum Gasteiger partial charge on any atom is 0.116 e. The zero-order chi connectivity index (χ0) is 22.5. The largest absolute Gasteiger partial charge is 0.135 e. The van der Waals surface area contributed by atoms with E-state index in [0.717, 1.165) is 0 Å². The average molecular weight is 469 g/mol. The molecule has 1 aliphatic rings. The molecular weight excluding hydrogens is 441 g/mol. The molecule has 4 aromatic rings. The molecule has 0 amide bonds. The van der Waals surface area contributed by atoms with Crippen molar-refractivity contribution < 1.29 is 0 Å². The van der Waals surface area contributed by atoms with E-state index in [2.05, 4.69) is 113 Å². The van der Waals surface area contributed by atoms with Gasteiger partial charge in [0.2, 0.25) is 0 Å². The molecule has 0 radical (unpaired) electrons. The van der Waals surface area contributed by atoms with Gasteiger partial charge in [-0.05, 0) is 66.6 Å². The van der Waals surface area contributed by atoms with Gasteiger partial charge in [0.25, 0.3) is 0 Å². The summed E-state index contributed by atoms with van der Waals surface area (Å²) < 4.78 is 0. The zero-order valence-corrected chi connectivity index (χ0v) is 22.0. The third-order valence-electron chi connectivity index (χ3n) is 6.26. The van der Waals surface area contributed by atoms with Crippen molar-refractivity contribution in [3.8, 4) is 9.75 Å². The van der Waals surface area contributed by atoms with Gasteiger partial charge in [-0.15, -0.1) is 22.7 Å². The van der Waals surface area contributed by atoms with Crippen LogP contribution in [0.4, 0.5) is 0 Å². The average Bonchev–Trinajstić information content (AvgIpc) is 3.40. The third-order valence-corrected chi connectivity index (χ3v) is 12.5. The molecule has 160 valence electrons. The fourth-order valence-corrected chi connectivity index (χ4v) is 11.6. The molecule has 0 N–H and O–H groups in total. The number of aryl methyl sites for hydroxylation is 3. The number of benzene rings is 2. The predicted octanol–water partition coefficient (Wildman–Crippen LogP) is 7.88. The highest BCUT2D eigenvalue weighted by Crippen LogP contribution is 2.40. The third kappa shape index (κ3) is 4.01. The van der Waals surface area contributed by atoms with E-state index in [1.165, 1.54) is 47.3 Å². The predicted molar refractivity (Wildman–Crippen MR) is 149 cm³/mol. The molecule has 3 heteroatoms.